The Morgan fingerprint density at radius 2 is 2.06 bits per heavy atom. The Morgan fingerprint density at radius 1 is 1.21 bits per heavy atom. The summed E-state index contributed by atoms with van der Waals surface area (Å²) >= 11 is 0. The molecule has 0 spiro atoms. The number of methoxy groups -OCH3 is 1. The molecular formula is C26H31N3O5. The number of hydrogen-bond donors (Lipinski definition) is 1. The number of anilines is 1. The lowest BCUT2D eigenvalue weighted by atomic mass is 10.0. The van der Waals surface area contributed by atoms with E-state index in [4.69, 9.17) is 23.9 Å². The highest BCUT2D eigenvalue weighted by Gasteiger charge is 2.25. The number of nitrogens with one attached hydrogen (secondary N) is 1. The number of rotatable bonds is 10. The van der Waals surface area contributed by atoms with Crippen LogP contribution in [0.25, 0.3) is 21.8 Å². The number of likely N-dealkylation sites (tertiary alicyclic amines) is 1. The number of pyridine rings is 1. The second-order valence-electron chi connectivity index (χ2n) is 8.80. The van der Waals surface area contributed by atoms with Crippen molar-refractivity contribution in [3.8, 4) is 17.2 Å². The van der Waals surface area contributed by atoms with Crippen molar-refractivity contribution in [3.63, 3.8) is 0 Å². The molecular weight excluding hydrogens is 434 g/mol. The van der Waals surface area contributed by atoms with Gasteiger partial charge in [-0.1, -0.05) is 18.2 Å². The van der Waals surface area contributed by atoms with Gasteiger partial charge in [0.05, 0.1) is 48.5 Å². The number of carbonyl (C=O) groups excluding carboxylic acids is 1. The Kier molecular flexibility index (Phi) is 6.97. The molecule has 0 saturated carbocycles. The molecule has 5 rings (SSSR count). The monoisotopic (exact) mass is 465 g/mol. The highest BCUT2D eigenvalue weighted by Crippen LogP contribution is 2.47. The van der Waals surface area contributed by atoms with Gasteiger partial charge in [0.25, 0.3) is 6.47 Å². The van der Waals surface area contributed by atoms with E-state index in [1.165, 1.54) is 12.8 Å². The Bertz CT molecular complexity index is 1160. The summed E-state index contributed by atoms with van der Waals surface area (Å²) in [6.45, 7) is 5.63. The van der Waals surface area contributed by atoms with Crippen LogP contribution < -0.4 is 19.5 Å². The largest absolute Gasteiger partial charge is 0.490 e. The van der Waals surface area contributed by atoms with E-state index in [1.54, 1.807) is 7.11 Å². The van der Waals surface area contributed by atoms with Crippen LogP contribution in [-0.2, 0) is 9.53 Å². The van der Waals surface area contributed by atoms with Crippen molar-refractivity contribution in [2.75, 3.05) is 51.9 Å². The molecule has 2 aliphatic rings. The molecule has 0 aliphatic carbocycles. The predicted molar refractivity (Wildman–Crippen MR) is 131 cm³/mol. The molecule has 0 radical (unpaired) electrons. The third-order valence-corrected chi connectivity index (χ3v) is 6.57. The molecule has 2 aliphatic heterocycles. The van der Waals surface area contributed by atoms with Crippen LogP contribution in [0.5, 0.6) is 17.2 Å². The van der Waals surface area contributed by atoms with Crippen molar-refractivity contribution in [2.24, 2.45) is 0 Å². The van der Waals surface area contributed by atoms with Crippen molar-refractivity contribution in [3.05, 3.63) is 30.3 Å². The minimum atomic E-state index is 0.158. The van der Waals surface area contributed by atoms with E-state index < -0.39 is 0 Å². The number of carbonyl (C=O) groups is 1. The maximum absolute atomic E-state index is 11.5. The highest BCUT2D eigenvalue weighted by molar-refractivity contribution is 6.11. The van der Waals surface area contributed by atoms with Gasteiger partial charge in [0, 0.05) is 24.6 Å². The molecule has 3 heterocycles. The van der Waals surface area contributed by atoms with Gasteiger partial charge >= 0.3 is 0 Å². The normalized spacial score (nSPS) is 18.4. The van der Waals surface area contributed by atoms with Gasteiger partial charge in [-0.25, -0.2) is 4.98 Å². The second kappa shape index (κ2) is 10.4. The van der Waals surface area contributed by atoms with Gasteiger partial charge < -0.3 is 29.2 Å². The number of para-hydroxylation sites is 1. The van der Waals surface area contributed by atoms with Crippen LogP contribution in [0.15, 0.2) is 30.3 Å². The zero-order valence-electron chi connectivity index (χ0n) is 19.5. The Balaban J connectivity index is 1.56. The average molecular weight is 466 g/mol. The highest BCUT2D eigenvalue weighted by atomic mass is 16.6. The molecule has 0 bridgehead atoms. The SMILES string of the molecule is COc1c(OCCCN2CCCC2)cc2nc3ccccc3c(N[C@H]3CCOC3)c2c1OC=O. The van der Waals surface area contributed by atoms with Gasteiger partial charge in [-0.15, -0.1) is 0 Å². The number of ether oxygens (including phenoxy) is 4. The molecule has 1 N–H and O–H groups in total. The molecule has 8 nitrogen and oxygen atoms in total. The molecule has 180 valence electrons. The fourth-order valence-electron chi connectivity index (χ4n) is 4.92. The summed E-state index contributed by atoms with van der Waals surface area (Å²) in [6, 6.07) is 9.97. The summed E-state index contributed by atoms with van der Waals surface area (Å²) in [7, 11) is 1.56. The summed E-state index contributed by atoms with van der Waals surface area (Å²) in [5, 5.41) is 5.25. The topological polar surface area (TPSA) is 82.2 Å². The lowest BCUT2D eigenvalue weighted by Crippen LogP contribution is -2.22. The standard InChI is InChI=1S/C26H31N3O5/c1-31-25-22(33-13-6-12-29-10-4-5-11-29)15-21-23(26(25)34-17-30)24(27-18-9-14-32-16-18)19-7-2-3-8-20(19)28-21/h2-3,7-8,15,17-18H,4-6,9-14,16H2,1H3,(H,27,28)/t18-/m0/s1. The molecule has 8 heteroatoms. The average Bonchev–Trinajstić information content (AvgIpc) is 3.56. The predicted octanol–water partition coefficient (Wildman–Crippen LogP) is 4.00. The second-order valence-corrected chi connectivity index (χ2v) is 8.80. The van der Waals surface area contributed by atoms with Crippen molar-refractivity contribution in [2.45, 2.75) is 31.7 Å². The number of benzene rings is 2. The molecule has 2 aromatic carbocycles. The molecule has 3 aromatic rings. The molecule has 0 unspecified atom stereocenters. The van der Waals surface area contributed by atoms with Crippen molar-refractivity contribution in [1.29, 1.82) is 0 Å². The number of aromatic nitrogens is 1. The van der Waals surface area contributed by atoms with Gasteiger partial charge in [-0.3, -0.25) is 4.79 Å². The summed E-state index contributed by atoms with van der Waals surface area (Å²) in [4.78, 5) is 18.9. The van der Waals surface area contributed by atoms with E-state index in [-0.39, 0.29) is 6.04 Å². The van der Waals surface area contributed by atoms with Crippen LogP contribution in [0.3, 0.4) is 0 Å². The number of fused-ring (bicyclic) bond motifs is 2. The van der Waals surface area contributed by atoms with E-state index >= 15 is 0 Å². The fraction of sp³-hybridized carbons (Fsp3) is 0.462. The molecule has 2 fully saturated rings. The molecule has 1 atom stereocenters. The smallest absolute Gasteiger partial charge is 0.298 e. The number of nitrogens with zero attached hydrogens (tertiary/aromatic N) is 2. The summed E-state index contributed by atoms with van der Waals surface area (Å²) in [5.41, 5.74) is 2.37. The van der Waals surface area contributed by atoms with Crippen molar-refractivity contribution >= 4 is 34.0 Å². The first-order valence-electron chi connectivity index (χ1n) is 12.0. The van der Waals surface area contributed by atoms with Gasteiger partial charge in [-0.05, 0) is 44.8 Å². The van der Waals surface area contributed by atoms with Crippen LogP contribution in [0.1, 0.15) is 25.7 Å². The summed E-state index contributed by atoms with van der Waals surface area (Å²) < 4.78 is 22.9. The van der Waals surface area contributed by atoms with Gasteiger partial charge in [-0.2, -0.15) is 0 Å². The lowest BCUT2D eigenvalue weighted by Gasteiger charge is -2.21. The zero-order chi connectivity index (χ0) is 23.3. The van der Waals surface area contributed by atoms with Gasteiger partial charge in [0.1, 0.15) is 0 Å². The minimum Gasteiger partial charge on any atom is -0.490 e. The van der Waals surface area contributed by atoms with Crippen LogP contribution in [0, 0.1) is 0 Å². The van der Waals surface area contributed by atoms with Crippen LogP contribution in [0.4, 0.5) is 5.69 Å². The van der Waals surface area contributed by atoms with Gasteiger partial charge in [0.15, 0.2) is 11.5 Å². The summed E-state index contributed by atoms with van der Waals surface area (Å²) in [6.07, 6.45) is 4.35. The van der Waals surface area contributed by atoms with E-state index in [2.05, 4.69) is 10.2 Å². The number of hydrogen-bond acceptors (Lipinski definition) is 8. The zero-order valence-corrected chi connectivity index (χ0v) is 19.5. The van der Waals surface area contributed by atoms with Crippen molar-refractivity contribution in [1.82, 2.24) is 9.88 Å². The Morgan fingerprint density at radius 3 is 2.82 bits per heavy atom. The molecule has 1 aromatic heterocycles. The molecule has 0 amide bonds. The molecule has 2 saturated heterocycles. The Labute approximate surface area is 199 Å². The van der Waals surface area contributed by atoms with E-state index in [1.807, 2.05) is 30.3 Å². The van der Waals surface area contributed by atoms with Gasteiger partial charge in [0.2, 0.25) is 5.75 Å². The fourth-order valence-corrected chi connectivity index (χ4v) is 4.92. The first-order chi connectivity index (χ1) is 16.8. The molecule has 34 heavy (non-hydrogen) atoms. The van der Waals surface area contributed by atoms with Crippen molar-refractivity contribution < 1.29 is 23.7 Å². The first kappa shape index (κ1) is 22.7. The van der Waals surface area contributed by atoms with Crippen LogP contribution in [-0.4, -0.2) is 69.0 Å². The first-order valence-corrected chi connectivity index (χ1v) is 12.0. The van der Waals surface area contributed by atoms with Crippen LogP contribution >= 0.6 is 0 Å². The van der Waals surface area contributed by atoms with E-state index in [9.17, 15) is 4.79 Å². The maximum Gasteiger partial charge on any atom is 0.298 e. The third-order valence-electron chi connectivity index (χ3n) is 6.57. The van der Waals surface area contributed by atoms with E-state index in [0.717, 1.165) is 55.7 Å². The maximum atomic E-state index is 11.5. The summed E-state index contributed by atoms with van der Waals surface area (Å²) in [5.74, 6) is 1.22. The lowest BCUT2D eigenvalue weighted by molar-refractivity contribution is -0.120. The van der Waals surface area contributed by atoms with Crippen LogP contribution in [0.2, 0.25) is 0 Å². The quantitative estimate of drug-likeness (QED) is 0.273. The minimum absolute atomic E-state index is 0.158. The Hall–Kier alpha value is -3.10. The third kappa shape index (κ3) is 4.60. The van der Waals surface area contributed by atoms with E-state index in [0.29, 0.717) is 47.8 Å².